The quantitative estimate of drug-likeness (QED) is 0.454. The Kier molecular flexibility index (Phi) is 9.68. The fourth-order valence-corrected chi connectivity index (χ4v) is 3.08. The SMILES string of the molecule is C[C@H](NC[C@@H](O)[C@H](Cc1ccccc1)NC(=O)OC(C)(C)C)C(=O)NCc1ccccc1. The van der Waals surface area contributed by atoms with Gasteiger partial charge in [-0.05, 0) is 45.2 Å². The highest BCUT2D eigenvalue weighted by Gasteiger charge is 2.26. The van der Waals surface area contributed by atoms with Crippen LogP contribution in [0.4, 0.5) is 4.79 Å². The Balaban J connectivity index is 1.91. The molecule has 0 saturated heterocycles. The Bertz CT molecular complexity index is 837. The number of alkyl carbamates (subject to hydrolysis) is 1. The van der Waals surface area contributed by atoms with Crippen molar-refractivity contribution in [2.45, 2.75) is 64.4 Å². The van der Waals surface area contributed by atoms with Gasteiger partial charge in [0, 0.05) is 13.1 Å². The van der Waals surface area contributed by atoms with Gasteiger partial charge in [0.2, 0.25) is 5.91 Å². The molecule has 0 radical (unpaired) electrons. The van der Waals surface area contributed by atoms with Gasteiger partial charge in [0.1, 0.15) is 5.60 Å². The molecule has 0 saturated carbocycles. The van der Waals surface area contributed by atoms with Gasteiger partial charge in [-0.3, -0.25) is 4.79 Å². The second-order valence-electron chi connectivity index (χ2n) is 8.84. The Morgan fingerprint density at radius 2 is 1.53 bits per heavy atom. The van der Waals surface area contributed by atoms with E-state index < -0.39 is 29.9 Å². The topological polar surface area (TPSA) is 99.7 Å². The van der Waals surface area contributed by atoms with Crippen LogP contribution < -0.4 is 16.0 Å². The number of hydrogen-bond acceptors (Lipinski definition) is 5. The Morgan fingerprint density at radius 3 is 2.09 bits per heavy atom. The maximum absolute atomic E-state index is 12.4. The summed E-state index contributed by atoms with van der Waals surface area (Å²) in [6, 6.07) is 18.2. The molecule has 4 N–H and O–H groups in total. The van der Waals surface area contributed by atoms with Crippen molar-refractivity contribution < 1.29 is 19.4 Å². The fourth-order valence-electron chi connectivity index (χ4n) is 3.08. The minimum absolute atomic E-state index is 0.132. The van der Waals surface area contributed by atoms with Gasteiger partial charge in [0.05, 0.1) is 18.2 Å². The van der Waals surface area contributed by atoms with Crippen molar-refractivity contribution in [2.75, 3.05) is 6.54 Å². The van der Waals surface area contributed by atoms with Crippen LogP contribution in [0.15, 0.2) is 60.7 Å². The van der Waals surface area contributed by atoms with Crippen molar-refractivity contribution in [3.8, 4) is 0 Å². The van der Waals surface area contributed by atoms with Gasteiger partial charge < -0.3 is 25.8 Å². The second-order valence-corrected chi connectivity index (χ2v) is 8.84. The number of aliphatic hydroxyl groups excluding tert-OH is 1. The highest BCUT2D eigenvalue weighted by atomic mass is 16.6. The van der Waals surface area contributed by atoms with E-state index in [4.69, 9.17) is 4.74 Å². The maximum atomic E-state index is 12.4. The van der Waals surface area contributed by atoms with Crippen LogP contribution in [0.3, 0.4) is 0 Å². The molecule has 7 nitrogen and oxygen atoms in total. The van der Waals surface area contributed by atoms with Gasteiger partial charge >= 0.3 is 6.09 Å². The first kappa shape index (κ1) is 25.4. The number of aliphatic hydroxyl groups is 1. The lowest BCUT2D eigenvalue weighted by Gasteiger charge is -2.27. The predicted molar refractivity (Wildman–Crippen MR) is 125 cm³/mol. The number of hydrogen-bond donors (Lipinski definition) is 4. The number of benzene rings is 2. The highest BCUT2D eigenvalue weighted by molar-refractivity contribution is 5.81. The van der Waals surface area contributed by atoms with E-state index in [0.717, 1.165) is 11.1 Å². The van der Waals surface area contributed by atoms with Gasteiger partial charge in [-0.1, -0.05) is 60.7 Å². The van der Waals surface area contributed by atoms with Gasteiger partial charge in [0.15, 0.2) is 0 Å². The summed E-state index contributed by atoms with van der Waals surface area (Å²) in [7, 11) is 0. The minimum Gasteiger partial charge on any atom is -0.444 e. The third kappa shape index (κ3) is 9.49. The summed E-state index contributed by atoms with van der Waals surface area (Å²) in [6.07, 6.45) is -1.09. The van der Waals surface area contributed by atoms with Gasteiger partial charge in [-0.25, -0.2) is 4.79 Å². The molecular weight excluding hydrogens is 406 g/mol. The van der Waals surface area contributed by atoms with E-state index in [9.17, 15) is 14.7 Å². The standard InChI is InChI=1S/C25H35N3O4/c1-18(23(30)27-16-20-13-9-6-10-14-20)26-17-22(29)21(15-19-11-7-5-8-12-19)28-24(31)32-25(2,3)4/h5-14,18,21-22,26,29H,15-17H2,1-4H3,(H,27,30)(H,28,31)/t18-,21-,22+/m0/s1. The summed E-state index contributed by atoms with van der Waals surface area (Å²) >= 11 is 0. The molecule has 0 aromatic heterocycles. The van der Waals surface area contributed by atoms with Crippen LogP contribution in [0.1, 0.15) is 38.8 Å². The van der Waals surface area contributed by atoms with Crippen LogP contribution in [0, 0.1) is 0 Å². The summed E-state index contributed by atoms with van der Waals surface area (Å²) in [6.45, 7) is 7.66. The third-order valence-electron chi connectivity index (χ3n) is 4.80. The van der Waals surface area contributed by atoms with Crippen molar-refractivity contribution in [1.82, 2.24) is 16.0 Å². The Morgan fingerprint density at radius 1 is 0.969 bits per heavy atom. The molecule has 2 aromatic rings. The van der Waals surface area contributed by atoms with E-state index in [-0.39, 0.29) is 12.5 Å². The molecule has 2 aromatic carbocycles. The normalized spacial score (nSPS) is 14.2. The van der Waals surface area contributed by atoms with Crippen LogP contribution in [0.2, 0.25) is 0 Å². The summed E-state index contributed by atoms with van der Waals surface area (Å²) in [5, 5.41) is 19.5. The first-order valence-corrected chi connectivity index (χ1v) is 10.9. The zero-order valence-corrected chi connectivity index (χ0v) is 19.3. The third-order valence-corrected chi connectivity index (χ3v) is 4.80. The molecule has 0 aliphatic rings. The largest absolute Gasteiger partial charge is 0.444 e. The van der Waals surface area contributed by atoms with Crippen molar-refractivity contribution in [1.29, 1.82) is 0 Å². The number of amides is 2. The second kappa shape index (κ2) is 12.2. The number of ether oxygens (including phenoxy) is 1. The van der Waals surface area contributed by atoms with E-state index in [1.165, 1.54) is 0 Å². The molecule has 0 unspecified atom stereocenters. The molecule has 7 heteroatoms. The molecule has 174 valence electrons. The summed E-state index contributed by atoms with van der Waals surface area (Å²) < 4.78 is 5.35. The number of carbonyl (C=O) groups excluding carboxylic acids is 2. The number of nitrogens with one attached hydrogen (secondary N) is 3. The van der Waals surface area contributed by atoms with E-state index >= 15 is 0 Å². The molecular formula is C25H35N3O4. The van der Waals surface area contributed by atoms with E-state index in [0.29, 0.717) is 13.0 Å². The van der Waals surface area contributed by atoms with Gasteiger partial charge in [-0.15, -0.1) is 0 Å². The van der Waals surface area contributed by atoms with Crippen LogP contribution in [0.25, 0.3) is 0 Å². The molecule has 3 atom stereocenters. The van der Waals surface area contributed by atoms with E-state index in [1.54, 1.807) is 27.7 Å². The molecule has 0 spiro atoms. The lowest BCUT2D eigenvalue weighted by molar-refractivity contribution is -0.123. The predicted octanol–water partition coefficient (Wildman–Crippen LogP) is 2.78. The van der Waals surface area contributed by atoms with E-state index in [2.05, 4.69) is 16.0 Å². The highest BCUT2D eigenvalue weighted by Crippen LogP contribution is 2.10. The van der Waals surface area contributed by atoms with Crippen LogP contribution >= 0.6 is 0 Å². The smallest absolute Gasteiger partial charge is 0.407 e. The van der Waals surface area contributed by atoms with Gasteiger partial charge in [0.25, 0.3) is 0 Å². The first-order valence-electron chi connectivity index (χ1n) is 10.9. The molecule has 0 heterocycles. The Labute approximate surface area is 190 Å². The Hall–Kier alpha value is -2.90. The molecule has 32 heavy (non-hydrogen) atoms. The van der Waals surface area contributed by atoms with Crippen molar-refractivity contribution in [3.05, 3.63) is 71.8 Å². The number of carbonyl (C=O) groups is 2. The van der Waals surface area contributed by atoms with Crippen LogP contribution in [-0.2, 0) is 22.5 Å². The fraction of sp³-hybridized carbons (Fsp3) is 0.440. The monoisotopic (exact) mass is 441 g/mol. The molecule has 2 rings (SSSR count). The average Bonchev–Trinajstić information content (AvgIpc) is 2.75. The lowest BCUT2D eigenvalue weighted by atomic mass is 10.0. The molecule has 0 aliphatic heterocycles. The average molecular weight is 442 g/mol. The van der Waals surface area contributed by atoms with Crippen molar-refractivity contribution in [2.24, 2.45) is 0 Å². The van der Waals surface area contributed by atoms with Crippen LogP contribution in [-0.4, -0.2) is 47.4 Å². The van der Waals surface area contributed by atoms with Crippen molar-refractivity contribution in [3.63, 3.8) is 0 Å². The summed E-state index contributed by atoms with van der Waals surface area (Å²) in [5.74, 6) is -0.166. The molecule has 0 bridgehead atoms. The van der Waals surface area contributed by atoms with Crippen molar-refractivity contribution >= 4 is 12.0 Å². The summed E-state index contributed by atoms with van der Waals surface area (Å²) in [5.41, 5.74) is 1.34. The zero-order chi connectivity index (χ0) is 23.6. The zero-order valence-electron chi connectivity index (χ0n) is 19.3. The molecule has 0 fully saturated rings. The number of rotatable bonds is 10. The minimum atomic E-state index is -0.924. The van der Waals surface area contributed by atoms with Crippen LogP contribution in [0.5, 0.6) is 0 Å². The molecule has 0 aliphatic carbocycles. The molecule has 2 amide bonds. The maximum Gasteiger partial charge on any atom is 0.407 e. The first-order chi connectivity index (χ1) is 15.1. The summed E-state index contributed by atoms with van der Waals surface area (Å²) in [4.78, 5) is 24.7. The van der Waals surface area contributed by atoms with Gasteiger partial charge in [-0.2, -0.15) is 0 Å². The lowest BCUT2D eigenvalue weighted by Crippen LogP contribution is -2.52. The van der Waals surface area contributed by atoms with E-state index in [1.807, 2.05) is 60.7 Å².